The molecule has 1 unspecified atom stereocenters. The quantitative estimate of drug-likeness (QED) is 0.316. The van der Waals surface area contributed by atoms with Crippen LogP contribution in [0.25, 0.3) is 0 Å². The van der Waals surface area contributed by atoms with Gasteiger partial charge >= 0.3 is 0 Å². The normalized spacial score (nSPS) is 20.6. The molecule has 1 atom stereocenters. The van der Waals surface area contributed by atoms with Crippen molar-refractivity contribution in [2.24, 2.45) is 10.8 Å². The first kappa shape index (κ1) is 12.5. The van der Waals surface area contributed by atoms with Crippen LogP contribution in [-0.2, 0) is 4.74 Å². The van der Waals surface area contributed by atoms with Crippen LogP contribution in [0.5, 0.6) is 0 Å². The van der Waals surface area contributed by atoms with Crippen LogP contribution in [0.1, 0.15) is 45.4 Å². The number of aliphatic imine (C=N–C) groups is 1. The lowest BCUT2D eigenvalue weighted by atomic mass is 10.2. The van der Waals surface area contributed by atoms with Gasteiger partial charge in [-0.2, -0.15) is 0 Å². The van der Waals surface area contributed by atoms with E-state index >= 15 is 0 Å². The van der Waals surface area contributed by atoms with Gasteiger partial charge in [0.1, 0.15) is 5.84 Å². The first-order valence-electron chi connectivity index (χ1n) is 5.82. The lowest BCUT2D eigenvalue weighted by molar-refractivity contribution is 0.112. The van der Waals surface area contributed by atoms with Crippen molar-refractivity contribution < 1.29 is 4.74 Å². The second-order valence-electron chi connectivity index (χ2n) is 4.24. The molecule has 1 fully saturated rings. The van der Waals surface area contributed by atoms with E-state index in [2.05, 4.69) is 17.3 Å². The third-order valence-electron chi connectivity index (χ3n) is 3.02. The Labute approximate surface area is 92.3 Å². The van der Waals surface area contributed by atoms with E-state index in [4.69, 9.17) is 10.6 Å². The summed E-state index contributed by atoms with van der Waals surface area (Å²) in [4.78, 5) is 4.63. The lowest BCUT2D eigenvalue weighted by Crippen LogP contribution is -2.32. The maximum absolute atomic E-state index is 5.46. The highest BCUT2D eigenvalue weighted by atomic mass is 16.5. The first-order valence-corrected chi connectivity index (χ1v) is 5.82. The molecular formula is C11H23N3O. The second-order valence-corrected chi connectivity index (χ2v) is 4.24. The molecule has 0 aromatic carbocycles. The van der Waals surface area contributed by atoms with Crippen molar-refractivity contribution in [2.45, 2.75) is 57.6 Å². The van der Waals surface area contributed by atoms with Crippen molar-refractivity contribution in [3.63, 3.8) is 0 Å². The van der Waals surface area contributed by atoms with Gasteiger partial charge in [0.25, 0.3) is 0 Å². The zero-order valence-electron chi connectivity index (χ0n) is 9.83. The van der Waals surface area contributed by atoms with Crippen molar-refractivity contribution in [1.82, 2.24) is 5.43 Å². The van der Waals surface area contributed by atoms with Gasteiger partial charge in [0.05, 0.1) is 12.1 Å². The van der Waals surface area contributed by atoms with Crippen LogP contribution in [0.3, 0.4) is 0 Å². The van der Waals surface area contributed by atoms with Crippen LogP contribution in [0.4, 0.5) is 0 Å². The average molecular weight is 213 g/mol. The predicted molar refractivity (Wildman–Crippen MR) is 62.7 cm³/mol. The van der Waals surface area contributed by atoms with E-state index in [1.165, 1.54) is 25.7 Å². The minimum Gasteiger partial charge on any atom is -0.382 e. The molecule has 0 aromatic heterocycles. The van der Waals surface area contributed by atoms with Crippen molar-refractivity contribution in [1.29, 1.82) is 0 Å². The Morgan fingerprint density at radius 1 is 1.53 bits per heavy atom. The van der Waals surface area contributed by atoms with Gasteiger partial charge in [0.15, 0.2) is 0 Å². The van der Waals surface area contributed by atoms with Crippen LogP contribution in [0.15, 0.2) is 4.99 Å². The van der Waals surface area contributed by atoms with Gasteiger partial charge < -0.3 is 10.2 Å². The van der Waals surface area contributed by atoms with E-state index in [1.807, 2.05) is 0 Å². The fraction of sp³-hybridized carbons (Fsp3) is 0.909. The summed E-state index contributed by atoms with van der Waals surface area (Å²) in [5, 5.41) is 0. The molecule has 0 radical (unpaired) electrons. The number of hydrazine groups is 1. The minimum absolute atomic E-state index is 0.270. The summed E-state index contributed by atoms with van der Waals surface area (Å²) in [6.07, 6.45) is 7.15. The molecule has 0 aliphatic heterocycles. The van der Waals surface area contributed by atoms with Crippen LogP contribution in [-0.4, -0.2) is 25.1 Å². The summed E-state index contributed by atoms with van der Waals surface area (Å²) in [7, 11) is 1.73. The van der Waals surface area contributed by atoms with E-state index in [1.54, 1.807) is 7.11 Å². The van der Waals surface area contributed by atoms with E-state index in [0.717, 1.165) is 18.7 Å². The summed E-state index contributed by atoms with van der Waals surface area (Å²) < 4.78 is 5.19. The highest BCUT2D eigenvalue weighted by Gasteiger charge is 2.14. The molecule has 1 saturated carbocycles. The van der Waals surface area contributed by atoms with Crippen molar-refractivity contribution in [2.75, 3.05) is 7.11 Å². The van der Waals surface area contributed by atoms with Crippen molar-refractivity contribution >= 4 is 5.84 Å². The number of rotatable bonds is 5. The maximum atomic E-state index is 5.46. The minimum atomic E-state index is 0.270. The summed E-state index contributed by atoms with van der Waals surface area (Å²) in [5.74, 6) is 6.38. The van der Waals surface area contributed by atoms with E-state index < -0.39 is 0 Å². The number of hydrogen-bond donors (Lipinski definition) is 2. The number of methoxy groups -OCH3 is 1. The summed E-state index contributed by atoms with van der Waals surface area (Å²) >= 11 is 0. The fourth-order valence-electron chi connectivity index (χ4n) is 1.89. The molecular weight excluding hydrogens is 190 g/mol. The van der Waals surface area contributed by atoms with Gasteiger partial charge in [-0.1, -0.05) is 12.8 Å². The van der Waals surface area contributed by atoms with Gasteiger partial charge in [-0.3, -0.25) is 4.99 Å². The monoisotopic (exact) mass is 213 g/mol. The van der Waals surface area contributed by atoms with E-state index in [0.29, 0.717) is 6.04 Å². The second kappa shape index (κ2) is 6.80. The van der Waals surface area contributed by atoms with Gasteiger partial charge in [-0.15, -0.1) is 0 Å². The van der Waals surface area contributed by atoms with Gasteiger partial charge in [-0.25, -0.2) is 5.84 Å². The molecule has 0 aromatic rings. The average Bonchev–Trinajstić information content (AvgIpc) is 2.76. The number of hydrogen-bond acceptors (Lipinski definition) is 3. The smallest absolute Gasteiger partial charge is 0.111 e. The van der Waals surface area contributed by atoms with Crippen LogP contribution in [0.2, 0.25) is 0 Å². The van der Waals surface area contributed by atoms with Crippen molar-refractivity contribution in [3.8, 4) is 0 Å². The molecule has 1 aliphatic carbocycles. The predicted octanol–water partition coefficient (Wildman–Crippen LogP) is 1.61. The lowest BCUT2D eigenvalue weighted by Gasteiger charge is -2.12. The standard InChI is InChI=1S/C11H23N3O/c1-9(15-2)7-8-11(14-12)13-10-5-3-4-6-10/h9-10H,3-8,12H2,1-2H3,(H,13,14). The molecule has 0 bridgehead atoms. The Morgan fingerprint density at radius 3 is 2.73 bits per heavy atom. The number of ether oxygens (including phenoxy) is 1. The topological polar surface area (TPSA) is 59.6 Å². The van der Waals surface area contributed by atoms with Gasteiger partial charge in [0, 0.05) is 13.5 Å². The molecule has 88 valence electrons. The van der Waals surface area contributed by atoms with Crippen LogP contribution in [0, 0.1) is 0 Å². The van der Waals surface area contributed by atoms with Gasteiger partial charge in [0.2, 0.25) is 0 Å². The third kappa shape index (κ3) is 4.62. The molecule has 0 heterocycles. The summed E-state index contributed by atoms with van der Waals surface area (Å²) in [6, 6.07) is 0.494. The van der Waals surface area contributed by atoms with Crippen molar-refractivity contribution in [3.05, 3.63) is 0 Å². The van der Waals surface area contributed by atoms with Crippen LogP contribution < -0.4 is 11.3 Å². The summed E-state index contributed by atoms with van der Waals surface area (Å²) in [5.41, 5.74) is 2.70. The largest absolute Gasteiger partial charge is 0.382 e. The highest BCUT2D eigenvalue weighted by Crippen LogP contribution is 2.21. The summed E-state index contributed by atoms with van der Waals surface area (Å²) in [6.45, 7) is 2.06. The molecule has 3 N–H and O–H groups in total. The molecule has 15 heavy (non-hydrogen) atoms. The number of nitrogens with one attached hydrogen (secondary N) is 1. The molecule has 4 nitrogen and oxygen atoms in total. The molecule has 1 rings (SSSR count). The fourth-order valence-corrected chi connectivity index (χ4v) is 1.89. The molecule has 4 heteroatoms. The Balaban J connectivity index is 2.33. The Hall–Kier alpha value is -0.610. The SMILES string of the molecule is COC(C)CCC(=NC1CCCC1)NN. The Bertz CT molecular complexity index is 200. The number of amidine groups is 1. The zero-order valence-corrected chi connectivity index (χ0v) is 9.83. The van der Waals surface area contributed by atoms with E-state index in [-0.39, 0.29) is 6.10 Å². The van der Waals surface area contributed by atoms with Crippen LogP contribution >= 0.6 is 0 Å². The molecule has 0 spiro atoms. The number of nitrogens with zero attached hydrogens (tertiary/aromatic N) is 1. The Kier molecular flexibility index (Phi) is 5.65. The Morgan fingerprint density at radius 2 is 2.20 bits per heavy atom. The number of nitrogens with two attached hydrogens (primary N) is 1. The molecule has 0 saturated heterocycles. The molecule has 1 aliphatic rings. The van der Waals surface area contributed by atoms with Gasteiger partial charge in [-0.05, 0) is 26.2 Å². The highest BCUT2D eigenvalue weighted by molar-refractivity contribution is 5.81. The maximum Gasteiger partial charge on any atom is 0.111 e. The van der Waals surface area contributed by atoms with E-state index in [9.17, 15) is 0 Å². The third-order valence-corrected chi connectivity index (χ3v) is 3.02. The molecule has 0 amide bonds. The first-order chi connectivity index (χ1) is 7.26. The zero-order chi connectivity index (χ0) is 11.1.